The van der Waals surface area contributed by atoms with Gasteiger partial charge in [0.25, 0.3) is 5.91 Å². The summed E-state index contributed by atoms with van der Waals surface area (Å²) in [5.74, 6) is 0.672. The Morgan fingerprint density at radius 2 is 2.11 bits per heavy atom. The minimum absolute atomic E-state index is 0.0732. The Labute approximate surface area is 116 Å². The number of ether oxygens (including phenoxy) is 1. The van der Waals surface area contributed by atoms with Crippen LogP contribution in [0.2, 0.25) is 0 Å². The van der Waals surface area contributed by atoms with E-state index in [4.69, 9.17) is 4.74 Å². The molecular weight excluding hydrogens is 260 g/mol. The number of hydrogen-bond acceptors (Lipinski definition) is 4. The number of rotatable bonds is 5. The number of benzene rings is 1. The van der Waals surface area contributed by atoms with Gasteiger partial charge in [-0.05, 0) is 31.2 Å². The van der Waals surface area contributed by atoms with Crippen LogP contribution in [0.1, 0.15) is 20.2 Å². The van der Waals surface area contributed by atoms with Gasteiger partial charge < -0.3 is 10.1 Å². The van der Waals surface area contributed by atoms with Crippen LogP contribution in [-0.2, 0) is 6.42 Å². The molecule has 2 aromatic rings. The van der Waals surface area contributed by atoms with Crippen molar-refractivity contribution in [1.82, 2.24) is 10.3 Å². The van der Waals surface area contributed by atoms with Gasteiger partial charge in [-0.25, -0.2) is 4.98 Å². The van der Waals surface area contributed by atoms with Gasteiger partial charge in [0.05, 0.1) is 12.1 Å². The van der Waals surface area contributed by atoms with Crippen molar-refractivity contribution in [2.75, 3.05) is 13.7 Å². The Kier molecular flexibility index (Phi) is 4.52. The van der Waals surface area contributed by atoms with Crippen LogP contribution in [0.4, 0.5) is 0 Å². The molecule has 0 radical (unpaired) electrons. The molecule has 0 unspecified atom stereocenters. The van der Waals surface area contributed by atoms with Crippen LogP contribution < -0.4 is 10.1 Å². The zero-order valence-electron chi connectivity index (χ0n) is 11.0. The first kappa shape index (κ1) is 13.5. The molecule has 0 bridgehead atoms. The molecule has 19 heavy (non-hydrogen) atoms. The van der Waals surface area contributed by atoms with E-state index in [0.717, 1.165) is 17.2 Å². The number of thiazole rings is 1. The number of nitrogens with zero attached hydrogens (tertiary/aromatic N) is 1. The monoisotopic (exact) mass is 276 g/mol. The predicted octanol–water partition coefficient (Wildman–Crippen LogP) is 2.43. The number of aromatic nitrogens is 1. The van der Waals surface area contributed by atoms with E-state index in [2.05, 4.69) is 10.3 Å². The van der Waals surface area contributed by atoms with Crippen molar-refractivity contribution >= 4 is 17.2 Å². The quantitative estimate of drug-likeness (QED) is 0.912. The van der Waals surface area contributed by atoms with E-state index < -0.39 is 0 Å². The first-order valence-electron chi connectivity index (χ1n) is 6.02. The van der Waals surface area contributed by atoms with E-state index in [0.29, 0.717) is 12.1 Å². The van der Waals surface area contributed by atoms with Crippen molar-refractivity contribution in [3.05, 3.63) is 45.9 Å². The maximum absolute atomic E-state index is 11.9. The van der Waals surface area contributed by atoms with Gasteiger partial charge in [-0.15, -0.1) is 11.3 Å². The summed E-state index contributed by atoms with van der Waals surface area (Å²) in [4.78, 5) is 17.3. The van der Waals surface area contributed by atoms with E-state index in [9.17, 15) is 4.79 Å². The summed E-state index contributed by atoms with van der Waals surface area (Å²) in [5.41, 5.74) is 0.635. The summed E-state index contributed by atoms with van der Waals surface area (Å²) in [6.45, 7) is 2.62. The molecule has 1 aromatic carbocycles. The highest BCUT2D eigenvalue weighted by atomic mass is 32.1. The Bertz CT molecular complexity index is 549. The van der Waals surface area contributed by atoms with Gasteiger partial charge in [0.15, 0.2) is 0 Å². The van der Waals surface area contributed by atoms with Crippen LogP contribution in [0.3, 0.4) is 0 Å². The number of hydrogen-bond donors (Lipinski definition) is 1. The second-order valence-electron chi connectivity index (χ2n) is 4.10. The number of carbonyl (C=O) groups excluding carboxylic acids is 1. The van der Waals surface area contributed by atoms with Crippen molar-refractivity contribution in [1.29, 1.82) is 0 Å². The predicted molar refractivity (Wildman–Crippen MR) is 75.9 cm³/mol. The molecule has 1 N–H and O–H groups in total. The highest BCUT2D eigenvalue weighted by molar-refractivity contribution is 7.11. The maximum Gasteiger partial charge on any atom is 0.251 e. The SMILES string of the molecule is COc1ccc(C(=O)NCCc2ncc(C)s2)cc1. The highest BCUT2D eigenvalue weighted by Gasteiger charge is 2.05. The number of amides is 1. The minimum Gasteiger partial charge on any atom is -0.497 e. The number of carbonyl (C=O) groups is 1. The third-order valence-corrected chi connectivity index (χ3v) is 3.62. The van der Waals surface area contributed by atoms with Crippen LogP contribution in [0.5, 0.6) is 5.75 Å². The molecular formula is C14H16N2O2S. The van der Waals surface area contributed by atoms with Gasteiger partial charge in [-0.3, -0.25) is 4.79 Å². The van der Waals surface area contributed by atoms with Crippen LogP contribution in [-0.4, -0.2) is 24.5 Å². The zero-order chi connectivity index (χ0) is 13.7. The summed E-state index contributed by atoms with van der Waals surface area (Å²) in [6, 6.07) is 7.06. The number of nitrogens with one attached hydrogen (secondary N) is 1. The fraction of sp³-hybridized carbons (Fsp3) is 0.286. The highest BCUT2D eigenvalue weighted by Crippen LogP contribution is 2.12. The summed E-state index contributed by atoms with van der Waals surface area (Å²) in [7, 11) is 1.60. The molecule has 0 spiro atoms. The fourth-order valence-corrected chi connectivity index (χ4v) is 2.43. The van der Waals surface area contributed by atoms with Gasteiger partial charge in [0.1, 0.15) is 5.75 Å². The zero-order valence-corrected chi connectivity index (χ0v) is 11.8. The Morgan fingerprint density at radius 3 is 2.68 bits per heavy atom. The summed E-state index contributed by atoms with van der Waals surface area (Å²) in [6.07, 6.45) is 2.62. The van der Waals surface area contributed by atoms with Gasteiger partial charge in [0, 0.05) is 29.6 Å². The molecule has 4 nitrogen and oxygen atoms in total. The fourth-order valence-electron chi connectivity index (χ4n) is 1.64. The molecule has 5 heteroatoms. The molecule has 1 aromatic heterocycles. The maximum atomic E-state index is 11.9. The second kappa shape index (κ2) is 6.33. The van der Waals surface area contributed by atoms with Gasteiger partial charge in [0.2, 0.25) is 0 Å². The summed E-state index contributed by atoms with van der Waals surface area (Å²) >= 11 is 1.66. The van der Waals surface area contributed by atoms with Gasteiger partial charge >= 0.3 is 0 Å². The molecule has 0 atom stereocenters. The summed E-state index contributed by atoms with van der Waals surface area (Å²) in [5, 5.41) is 3.93. The molecule has 0 saturated carbocycles. The first-order valence-corrected chi connectivity index (χ1v) is 6.84. The number of methoxy groups -OCH3 is 1. The van der Waals surface area contributed by atoms with Crippen LogP contribution in [0, 0.1) is 6.92 Å². The number of aryl methyl sites for hydroxylation is 1. The molecule has 0 aliphatic carbocycles. The van der Waals surface area contributed by atoms with Crippen LogP contribution in [0.25, 0.3) is 0 Å². The topological polar surface area (TPSA) is 51.2 Å². The average Bonchev–Trinajstić information content (AvgIpc) is 2.84. The third-order valence-electron chi connectivity index (χ3n) is 2.65. The normalized spacial score (nSPS) is 10.2. The smallest absolute Gasteiger partial charge is 0.251 e. The van der Waals surface area contributed by atoms with Crippen molar-refractivity contribution < 1.29 is 9.53 Å². The van der Waals surface area contributed by atoms with Crippen LogP contribution >= 0.6 is 11.3 Å². The average molecular weight is 276 g/mol. The van der Waals surface area contributed by atoms with Gasteiger partial charge in [-0.2, -0.15) is 0 Å². The van der Waals surface area contributed by atoms with E-state index >= 15 is 0 Å². The lowest BCUT2D eigenvalue weighted by atomic mass is 10.2. The van der Waals surface area contributed by atoms with E-state index in [1.54, 1.807) is 42.7 Å². The molecule has 0 fully saturated rings. The molecule has 2 rings (SSSR count). The Hall–Kier alpha value is -1.88. The van der Waals surface area contributed by atoms with Crippen molar-refractivity contribution in [2.45, 2.75) is 13.3 Å². The third kappa shape index (κ3) is 3.79. The summed E-state index contributed by atoms with van der Waals surface area (Å²) < 4.78 is 5.05. The molecule has 100 valence electrons. The molecule has 0 aliphatic heterocycles. The Morgan fingerprint density at radius 1 is 1.37 bits per heavy atom. The van der Waals surface area contributed by atoms with Crippen LogP contribution in [0.15, 0.2) is 30.5 Å². The van der Waals surface area contributed by atoms with E-state index in [-0.39, 0.29) is 5.91 Å². The lowest BCUT2D eigenvalue weighted by Gasteiger charge is -2.05. The van der Waals surface area contributed by atoms with Gasteiger partial charge in [-0.1, -0.05) is 0 Å². The van der Waals surface area contributed by atoms with E-state index in [1.807, 2.05) is 13.1 Å². The first-order chi connectivity index (χ1) is 9.19. The van der Waals surface area contributed by atoms with Crippen molar-refractivity contribution in [3.8, 4) is 5.75 Å². The molecule has 1 heterocycles. The van der Waals surface area contributed by atoms with E-state index in [1.165, 1.54) is 4.88 Å². The minimum atomic E-state index is -0.0732. The van der Waals surface area contributed by atoms with Crippen molar-refractivity contribution in [2.24, 2.45) is 0 Å². The lowest BCUT2D eigenvalue weighted by Crippen LogP contribution is -2.25. The molecule has 0 saturated heterocycles. The Balaban J connectivity index is 1.83. The largest absolute Gasteiger partial charge is 0.497 e. The molecule has 1 amide bonds. The standard InChI is InChI=1S/C14H16N2O2S/c1-10-9-16-13(19-10)7-8-15-14(17)11-3-5-12(18-2)6-4-11/h3-6,9H,7-8H2,1-2H3,(H,15,17). The molecule has 0 aliphatic rings. The second-order valence-corrected chi connectivity index (χ2v) is 5.42. The lowest BCUT2D eigenvalue weighted by molar-refractivity contribution is 0.0954. The van der Waals surface area contributed by atoms with Crippen molar-refractivity contribution in [3.63, 3.8) is 0 Å².